The van der Waals surface area contributed by atoms with E-state index in [0.717, 1.165) is 16.8 Å². The highest BCUT2D eigenvalue weighted by atomic mass is 16.3. The number of hydrogen-bond acceptors (Lipinski definition) is 4. The van der Waals surface area contributed by atoms with Gasteiger partial charge in [-0.25, -0.2) is 0 Å². The van der Waals surface area contributed by atoms with Gasteiger partial charge in [0.15, 0.2) is 0 Å². The van der Waals surface area contributed by atoms with E-state index in [9.17, 15) is 9.90 Å². The van der Waals surface area contributed by atoms with Crippen LogP contribution in [0.5, 0.6) is 5.75 Å². The molecule has 2 heterocycles. The molecule has 0 unspecified atom stereocenters. The first-order valence-electron chi connectivity index (χ1n) is 8.62. The number of pyridine rings is 2. The molecule has 0 spiro atoms. The van der Waals surface area contributed by atoms with Gasteiger partial charge in [-0.1, -0.05) is 18.2 Å². The summed E-state index contributed by atoms with van der Waals surface area (Å²) < 4.78 is 0. The summed E-state index contributed by atoms with van der Waals surface area (Å²) in [5, 5.41) is 11.3. The van der Waals surface area contributed by atoms with Crippen molar-refractivity contribution in [3.8, 4) is 28.0 Å². The first-order valence-corrected chi connectivity index (χ1v) is 8.62. The molecule has 4 aromatic rings. The zero-order valence-corrected chi connectivity index (χ0v) is 15.1. The second-order valence-electron chi connectivity index (χ2n) is 6.62. The minimum atomic E-state index is -0.327. The standard InChI is InChI=1S/C22H19N3O2/c1-25(2)17-6-3-14(4-7-17)16-5-8-18-19(13-16)24-22(27)20(21(18)26)15-9-11-23-12-10-15/h3-13H,1-2H3,(H2,24,26,27). The third kappa shape index (κ3) is 3.04. The monoisotopic (exact) mass is 357 g/mol. The molecule has 0 bridgehead atoms. The third-order valence-electron chi connectivity index (χ3n) is 4.67. The van der Waals surface area contributed by atoms with Crippen molar-refractivity contribution in [3.05, 3.63) is 77.3 Å². The normalized spacial score (nSPS) is 10.9. The van der Waals surface area contributed by atoms with Gasteiger partial charge < -0.3 is 15.0 Å². The van der Waals surface area contributed by atoms with Gasteiger partial charge in [0.1, 0.15) is 5.75 Å². The van der Waals surface area contributed by atoms with Gasteiger partial charge >= 0.3 is 0 Å². The maximum atomic E-state index is 12.6. The van der Waals surface area contributed by atoms with Gasteiger partial charge in [-0.15, -0.1) is 0 Å². The van der Waals surface area contributed by atoms with E-state index in [1.807, 2.05) is 61.5 Å². The molecule has 134 valence electrons. The van der Waals surface area contributed by atoms with Crippen molar-refractivity contribution in [2.75, 3.05) is 19.0 Å². The summed E-state index contributed by atoms with van der Waals surface area (Å²) in [6, 6.07) is 17.3. The van der Waals surface area contributed by atoms with Crippen molar-refractivity contribution in [3.63, 3.8) is 0 Å². The molecule has 4 rings (SSSR count). The summed E-state index contributed by atoms with van der Waals surface area (Å²) >= 11 is 0. The molecule has 0 saturated carbocycles. The smallest absolute Gasteiger partial charge is 0.260 e. The number of aromatic nitrogens is 2. The molecule has 0 aliphatic carbocycles. The second-order valence-corrected chi connectivity index (χ2v) is 6.62. The average molecular weight is 357 g/mol. The molecule has 0 fully saturated rings. The van der Waals surface area contributed by atoms with Crippen LogP contribution in [-0.4, -0.2) is 29.2 Å². The SMILES string of the molecule is CN(C)c1ccc(-c2ccc3c(O)c(-c4ccncc4)c(=O)[nH]c3c2)cc1. The number of aromatic amines is 1. The van der Waals surface area contributed by atoms with Crippen molar-refractivity contribution in [2.45, 2.75) is 0 Å². The van der Waals surface area contributed by atoms with Gasteiger partial charge in [-0.2, -0.15) is 0 Å². The molecule has 2 aromatic heterocycles. The Kier molecular flexibility index (Phi) is 4.12. The van der Waals surface area contributed by atoms with E-state index in [1.54, 1.807) is 24.5 Å². The van der Waals surface area contributed by atoms with Gasteiger partial charge in [0.05, 0.1) is 11.1 Å². The Morgan fingerprint density at radius 2 is 1.56 bits per heavy atom. The van der Waals surface area contributed by atoms with Gasteiger partial charge in [0, 0.05) is 37.6 Å². The highest BCUT2D eigenvalue weighted by molar-refractivity contribution is 5.94. The van der Waals surface area contributed by atoms with Gasteiger partial charge in [-0.05, 0) is 53.1 Å². The first kappa shape index (κ1) is 16.8. The van der Waals surface area contributed by atoms with Crippen LogP contribution in [-0.2, 0) is 0 Å². The predicted octanol–water partition coefficient (Wildman–Crippen LogP) is 4.03. The number of aromatic hydroxyl groups is 1. The summed E-state index contributed by atoms with van der Waals surface area (Å²) in [4.78, 5) is 21.5. The Bertz CT molecular complexity index is 1160. The van der Waals surface area contributed by atoms with E-state index >= 15 is 0 Å². The molecule has 0 aliphatic rings. The van der Waals surface area contributed by atoms with Crippen molar-refractivity contribution >= 4 is 16.6 Å². The van der Waals surface area contributed by atoms with Crippen LogP contribution in [0.3, 0.4) is 0 Å². The number of rotatable bonds is 3. The van der Waals surface area contributed by atoms with E-state index in [2.05, 4.69) is 9.97 Å². The van der Waals surface area contributed by atoms with Crippen LogP contribution >= 0.6 is 0 Å². The average Bonchev–Trinajstić information content (AvgIpc) is 2.68. The molecular formula is C22H19N3O2. The second kappa shape index (κ2) is 6.61. The Balaban J connectivity index is 1.83. The Labute approximate surface area is 156 Å². The zero-order chi connectivity index (χ0) is 19.0. The molecule has 2 N–H and O–H groups in total. The molecule has 0 radical (unpaired) electrons. The number of hydrogen-bond donors (Lipinski definition) is 2. The van der Waals surface area contributed by atoms with Crippen molar-refractivity contribution in [1.82, 2.24) is 9.97 Å². The third-order valence-corrected chi connectivity index (χ3v) is 4.67. The van der Waals surface area contributed by atoms with Gasteiger partial charge in [0.25, 0.3) is 5.56 Å². The molecule has 5 nitrogen and oxygen atoms in total. The van der Waals surface area contributed by atoms with Crippen LogP contribution in [0, 0.1) is 0 Å². The molecule has 2 aromatic carbocycles. The first-order chi connectivity index (χ1) is 13.0. The maximum Gasteiger partial charge on any atom is 0.260 e. The van der Waals surface area contributed by atoms with Crippen LogP contribution in [0.25, 0.3) is 33.2 Å². The fraction of sp³-hybridized carbons (Fsp3) is 0.0909. The fourth-order valence-corrected chi connectivity index (χ4v) is 3.20. The molecule has 5 heteroatoms. The molecule has 0 saturated heterocycles. The lowest BCUT2D eigenvalue weighted by molar-refractivity contribution is 0.482. The lowest BCUT2D eigenvalue weighted by atomic mass is 10.0. The van der Waals surface area contributed by atoms with Crippen LogP contribution in [0.2, 0.25) is 0 Å². The van der Waals surface area contributed by atoms with Gasteiger partial charge in [-0.3, -0.25) is 9.78 Å². The molecule has 27 heavy (non-hydrogen) atoms. The number of fused-ring (bicyclic) bond motifs is 1. The number of nitrogens with zero attached hydrogens (tertiary/aromatic N) is 2. The number of anilines is 1. The highest BCUT2D eigenvalue weighted by Gasteiger charge is 2.14. The molecule has 0 atom stereocenters. The number of nitrogens with one attached hydrogen (secondary N) is 1. The maximum absolute atomic E-state index is 12.6. The van der Waals surface area contributed by atoms with Crippen molar-refractivity contribution in [1.29, 1.82) is 0 Å². The summed E-state index contributed by atoms with van der Waals surface area (Å²) in [6.07, 6.45) is 3.19. The van der Waals surface area contributed by atoms with Gasteiger partial charge in [0.2, 0.25) is 0 Å². The van der Waals surface area contributed by atoms with Crippen LogP contribution in [0.4, 0.5) is 5.69 Å². The topological polar surface area (TPSA) is 69.2 Å². The Hall–Kier alpha value is -3.60. The minimum Gasteiger partial charge on any atom is -0.506 e. The zero-order valence-electron chi connectivity index (χ0n) is 15.1. The van der Waals surface area contributed by atoms with E-state index in [4.69, 9.17) is 0 Å². The van der Waals surface area contributed by atoms with Crippen molar-refractivity contribution in [2.24, 2.45) is 0 Å². The number of benzene rings is 2. The van der Waals surface area contributed by atoms with Crippen LogP contribution in [0.1, 0.15) is 0 Å². The largest absolute Gasteiger partial charge is 0.506 e. The van der Waals surface area contributed by atoms with Crippen LogP contribution in [0.15, 0.2) is 71.8 Å². The lowest BCUT2D eigenvalue weighted by Crippen LogP contribution is -2.09. The van der Waals surface area contributed by atoms with E-state index in [1.165, 1.54) is 0 Å². The fourth-order valence-electron chi connectivity index (χ4n) is 3.20. The summed E-state index contributed by atoms with van der Waals surface area (Å²) in [6.45, 7) is 0. The van der Waals surface area contributed by atoms with E-state index < -0.39 is 0 Å². The van der Waals surface area contributed by atoms with E-state index in [0.29, 0.717) is 16.5 Å². The molecular weight excluding hydrogens is 338 g/mol. The number of H-pyrrole nitrogens is 1. The highest BCUT2D eigenvalue weighted by Crippen LogP contribution is 2.33. The minimum absolute atomic E-state index is 0.0190. The van der Waals surface area contributed by atoms with E-state index in [-0.39, 0.29) is 16.9 Å². The Morgan fingerprint density at radius 1 is 0.889 bits per heavy atom. The Morgan fingerprint density at radius 3 is 2.22 bits per heavy atom. The predicted molar refractivity (Wildman–Crippen MR) is 109 cm³/mol. The summed E-state index contributed by atoms with van der Waals surface area (Å²) in [7, 11) is 4.00. The lowest BCUT2D eigenvalue weighted by Gasteiger charge is -2.13. The molecule has 0 aliphatic heterocycles. The van der Waals surface area contributed by atoms with Crippen LogP contribution < -0.4 is 10.5 Å². The molecule has 0 amide bonds. The summed E-state index contributed by atoms with van der Waals surface area (Å²) in [5.41, 5.74) is 4.30. The van der Waals surface area contributed by atoms with Crippen molar-refractivity contribution < 1.29 is 5.11 Å². The quantitative estimate of drug-likeness (QED) is 0.581. The summed E-state index contributed by atoms with van der Waals surface area (Å²) in [5.74, 6) is -0.0190.